The van der Waals surface area contributed by atoms with Crippen LogP contribution in [0.1, 0.15) is 46.1 Å². The van der Waals surface area contributed by atoms with Crippen LogP contribution in [0, 0.1) is 11.8 Å². The standard InChI is InChI=1S/C19H25NO4/c1-5-6-8-13-16(20-18(22)24-19(2,3)4)17(21)23-14-15-11-9-7-10-12-15/h7,9-12,16H,8,13-14H2,1-4H3,(H,20,22)/t16-/m0/s1. The molecule has 0 bridgehead atoms. The van der Waals surface area contributed by atoms with E-state index in [1.54, 1.807) is 27.7 Å². The van der Waals surface area contributed by atoms with Gasteiger partial charge in [0.25, 0.3) is 0 Å². The first kappa shape index (κ1) is 19.6. The Morgan fingerprint density at radius 1 is 1.21 bits per heavy atom. The zero-order valence-corrected chi connectivity index (χ0v) is 14.7. The predicted molar refractivity (Wildman–Crippen MR) is 92.1 cm³/mol. The minimum absolute atomic E-state index is 0.158. The Hall–Kier alpha value is -2.48. The molecule has 24 heavy (non-hydrogen) atoms. The molecule has 0 heterocycles. The van der Waals surface area contributed by atoms with Crippen LogP contribution in [0.25, 0.3) is 0 Å². The summed E-state index contributed by atoms with van der Waals surface area (Å²) < 4.78 is 10.5. The quantitative estimate of drug-likeness (QED) is 0.641. The number of benzene rings is 1. The molecule has 0 radical (unpaired) electrons. The molecule has 0 aliphatic heterocycles. The van der Waals surface area contributed by atoms with Gasteiger partial charge in [-0.25, -0.2) is 9.59 Å². The van der Waals surface area contributed by atoms with Crippen molar-refractivity contribution >= 4 is 12.1 Å². The lowest BCUT2D eigenvalue weighted by Crippen LogP contribution is -2.44. The van der Waals surface area contributed by atoms with Crippen molar-refractivity contribution in [3.63, 3.8) is 0 Å². The van der Waals surface area contributed by atoms with Crippen molar-refractivity contribution in [2.45, 2.75) is 58.8 Å². The van der Waals surface area contributed by atoms with Gasteiger partial charge in [-0.1, -0.05) is 30.3 Å². The van der Waals surface area contributed by atoms with Crippen molar-refractivity contribution in [1.29, 1.82) is 0 Å². The summed E-state index contributed by atoms with van der Waals surface area (Å²) in [5.74, 6) is 5.15. The van der Waals surface area contributed by atoms with Crippen molar-refractivity contribution < 1.29 is 19.1 Å². The summed E-state index contributed by atoms with van der Waals surface area (Å²) in [5.41, 5.74) is 0.251. The third kappa shape index (κ3) is 8.23. The van der Waals surface area contributed by atoms with Crippen LogP contribution in [-0.4, -0.2) is 23.7 Å². The SMILES string of the molecule is CC#CCC[C@H](NC(=O)OC(C)(C)C)C(=O)OCc1ccccc1. The number of hydrogen-bond acceptors (Lipinski definition) is 4. The lowest BCUT2D eigenvalue weighted by atomic mass is 10.1. The van der Waals surface area contributed by atoms with E-state index < -0.39 is 23.7 Å². The third-order valence-electron chi connectivity index (χ3n) is 2.93. The summed E-state index contributed by atoms with van der Waals surface area (Å²) in [4.78, 5) is 24.2. The van der Waals surface area contributed by atoms with E-state index >= 15 is 0 Å². The van der Waals surface area contributed by atoms with Gasteiger partial charge in [0.1, 0.15) is 18.2 Å². The summed E-state index contributed by atoms with van der Waals surface area (Å²) in [7, 11) is 0. The smallest absolute Gasteiger partial charge is 0.408 e. The second kappa shape index (κ2) is 9.61. The van der Waals surface area contributed by atoms with Gasteiger partial charge in [0, 0.05) is 6.42 Å². The molecule has 1 amide bonds. The number of esters is 1. The number of nitrogens with one attached hydrogen (secondary N) is 1. The largest absolute Gasteiger partial charge is 0.459 e. The van der Waals surface area contributed by atoms with Crippen LogP contribution in [0.4, 0.5) is 4.79 Å². The van der Waals surface area contributed by atoms with Crippen molar-refractivity contribution in [3.8, 4) is 11.8 Å². The minimum Gasteiger partial charge on any atom is -0.459 e. The highest BCUT2D eigenvalue weighted by molar-refractivity contribution is 5.81. The highest BCUT2D eigenvalue weighted by Gasteiger charge is 2.25. The van der Waals surface area contributed by atoms with Gasteiger partial charge in [-0.15, -0.1) is 11.8 Å². The molecule has 0 saturated carbocycles. The Bertz CT molecular complexity index is 593. The molecule has 0 aliphatic carbocycles. The van der Waals surface area contributed by atoms with Gasteiger partial charge in [-0.3, -0.25) is 0 Å². The van der Waals surface area contributed by atoms with E-state index in [2.05, 4.69) is 17.2 Å². The van der Waals surface area contributed by atoms with Crippen LogP contribution >= 0.6 is 0 Å². The molecule has 5 nitrogen and oxygen atoms in total. The Morgan fingerprint density at radius 2 is 1.88 bits per heavy atom. The molecule has 0 saturated heterocycles. The molecule has 1 N–H and O–H groups in total. The van der Waals surface area contributed by atoms with Crippen LogP contribution < -0.4 is 5.32 Å². The third-order valence-corrected chi connectivity index (χ3v) is 2.93. The average Bonchev–Trinajstić information content (AvgIpc) is 2.51. The lowest BCUT2D eigenvalue weighted by Gasteiger charge is -2.22. The molecule has 130 valence electrons. The highest BCUT2D eigenvalue weighted by Crippen LogP contribution is 2.09. The number of alkyl carbamates (subject to hydrolysis) is 1. The highest BCUT2D eigenvalue weighted by atomic mass is 16.6. The Labute approximate surface area is 143 Å². The fourth-order valence-electron chi connectivity index (χ4n) is 1.87. The second-order valence-electron chi connectivity index (χ2n) is 6.26. The second-order valence-corrected chi connectivity index (χ2v) is 6.26. The number of hydrogen-bond donors (Lipinski definition) is 1. The number of carbonyl (C=O) groups excluding carboxylic acids is 2. The summed E-state index contributed by atoms with van der Waals surface area (Å²) in [6, 6.07) is 8.58. The maximum atomic E-state index is 12.3. The molecule has 5 heteroatoms. The van der Waals surface area contributed by atoms with Crippen molar-refractivity contribution in [2.24, 2.45) is 0 Å². The van der Waals surface area contributed by atoms with E-state index in [1.807, 2.05) is 30.3 Å². The number of rotatable bonds is 6. The lowest BCUT2D eigenvalue weighted by molar-refractivity contribution is -0.147. The Morgan fingerprint density at radius 3 is 2.46 bits per heavy atom. The predicted octanol–water partition coefficient (Wildman–Crippen LogP) is 3.43. The van der Waals surface area contributed by atoms with Crippen LogP contribution in [0.5, 0.6) is 0 Å². The van der Waals surface area contributed by atoms with Crippen LogP contribution in [0.2, 0.25) is 0 Å². The first-order chi connectivity index (χ1) is 11.3. The van der Waals surface area contributed by atoms with E-state index in [1.165, 1.54) is 0 Å². The van der Waals surface area contributed by atoms with Crippen LogP contribution in [-0.2, 0) is 20.9 Å². The normalized spacial score (nSPS) is 11.7. The minimum atomic E-state index is -0.788. The first-order valence-electron chi connectivity index (χ1n) is 7.91. The summed E-state index contributed by atoms with van der Waals surface area (Å²) in [6.45, 7) is 7.17. The topological polar surface area (TPSA) is 64.6 Å². The first-order valence-corrected chi connectivity index (χ1v) is 7.91. The van der Waals surface area contributed by atoms with Gasteiger partial charge in [-0.05, 0) is 39.7 Å². The fourth-order valence-corrected chi connectivity index (χ4v) is 1.87. The average molecular weight is 331 g/mol. The zero-order valence-electron chi connectivity index (χ0n) is 14.7. The van der Waals surface area contributed by atoms with Gasteiger partial charge in [-0.2, -0.15) is 0 Å². The van der Waals surface area contributed by atoms with E-state index in [-0.39, 0.29) is 6.61 Å². The number of carbonyl (C=O) groups is 2. The van der Waals surface area contributed by atoms with Crippen molar-refractivity contribution in [2.75, 3.05) is 0 Å². The fraction of sp³-hybridized carbons (Fsp3) is 0.474. The number of amides is 1. The molecular formula is C19H25NO4. The van der Waals surface area contributed by atoms with Gasteiger partial charge in [0.05, 0.1) is 0 Å². The molecule has 0 aliphatic rings. The summed E-state index contributed by atoms with van der Waals surface area (Å²) >= 11 is 0. The van der Waals surface area contributed by atoms with Crippen LogP contribution in [0.3, 0.4) is 0 Å². The van der Waals surface area contributed by atoms with Crippen molar-refractivity contribution in [3.05, 3.63) is 35.9 Å². The molecule has 0 aromatic heterocycles. The van der Waals surface area contributed by atoms with Gasteiger partial charge in [0.2, 0.25) is 0 Å². The van der Waals surface area contributed by atoms with E-state index in [0.717, 1.165) is 5.56 Å². The maximum absolute atomic E-state index is 12.3. The van der Waals surface area contributed by atoms with E-state index in [4.69, 9.17) is 9.47 Å². The van der Waals surface area contributed by atoms with Gasteiger partial charge in [0.15, 0.2) is 0 Å². The molecule has 1 atom stereocenters. The Balaban J connectivity index is 2.63. The number of ether oxygens (including phenoxy) is 2. The molecule has 0 spiro atoms. The molecule has 0 fully saturated rings. The van der Waals surface area contributed by atoms with E-state index in [9.17, 15) is 9.59 Å². The zero-order chi connectivity index (χ0) is 18.0. The molecule has 0 unspecified atom stereocenters. The van der Waals surface area contributed by atoms with Crippen molar-refractivity contribution in [1.82, 2.24) is 5.32 Å². The molecule has 1 aromatic rings. The monoisotopic (exact) mass is 331 g/mol. The molecule has 1 aromatic carbocycles. The summed E-state index contributed by atoms with van der Waals surface area (Å²) in [6.07, 6.45) is 0.207. The maximum Gasteiger partial charge on any atom is 0.408 e. The summed E-state index contributed by atoms with van der Waals surface area (Å²) in [5, 5.41) is 2.57. The Kier molecular flexibility index (Phi) is 7.84. The van der Waals surface area contributed by atoms with Gasteiger partial charge >= 0.3 is 12.1 Å². The van der Waals surface area contributed by atoms with Crippen LogP contribution in [0.15, 0.2) is 30.3 Å². The molecule has 1 rings (SSSR count). The van der Waals surface area contributed by atoms with Gasteiger partial charge < -0.3 is 14.8 Å². The molecular weight excluding hydrogens is 306 g/mol. The van der Waals surface area contributed by atoms with E-state index in [0.29, 0.717) is 12.8 Å².